The third-order valence-corrected chi connectivity index (χ3v) is 3.05. The van der Waals surface area contributed by atoms with E-state index in [0.29, 0.717) is 18.0 Å². The molecule has 5 heteroatoms. The van der Waals surface area contributed by atoms with Crippen molar-refractivity contribution in [2.24, 2.45) is 0 Å². The molecule has 1 atom stereocenters. The highest BCUT2D eigenvalue weighted by molar-refractivity contribution is 6.31. The molecule has 0 fully saturated rings. The Morgan fingerprint density at radius 3 is 2.81 bits per heavy atom. The molecule has 0 saturated heterocycles. The van der Waals surface area contributed by atoms with Gasteiger partial charge in [-0.2, -0.15) is 10.4 Å². The summed E-state index contributed by atoms with van der Waals surface area (Å²) in [5.74, 6) is 0. The maximum atomic E-state index is 9.10. The lowest BCUT2D eigenvalue weighted by molar-refractivity contribution is 0.388. The third-order valence-electron chi connectivity index (χ3n) is 2.68. The Hall–Kier alpha value is -1.05. The summed E-state index contributed by atoms with van der Waals surface area (Å²) in [5, 5.41) is 17.1. The maximum absolute atomic E-state index is 9.10. The van der Waals surface area contributed by atoms with Gasteiger partial charge in [0.25, 0.3) is 0 Å². The van der Waals surface area contributed by atoms with Crippen LogP contribution in [0.25, 0.3) is 0 Å². The molecule has 1 rings (SSSR count). The molecule has 0 spiro atoms. The topological polar surface area (TPSA) is 53.6 Å². The van der Waals surface area contributed by atoms with E-state index in [0.717, 1.165) is 12.2 Å². The second kappa shape index (κ2) is 5.33. The molecule has 1 N–H and O–H groups in total. The Kier molecular flexibility index (Phi) is 4.34. The van der Waals surface area contributed by atoms with Gasteiger partial charge in [-0.15, -0.1) is 0 Å². The van der Waals surface area contributed by atoms with Crippen LogP contribution in [0.1, 0.15) is 26.0 Å². The van der Waals surface area contributed by atoms with Gasteiger partial charge in [-0.25, -0.2) is 0 Å². The quantitative estimate of drug-likeness (QED) is 0.858. The summed E-state index contributed by atoms with van der Waals surface area (Å²) in [6.07, 6.45) is 2.34. The SMILES string of the molecule is CCNC(C)(C#N)CCn1ncc(Cl)c1C. The van der Waals surface area contributed by atoms with Gasteiger partial charge in [0.05, 0.1) is 23.0 Å². The van der Waals surface area contributed by atoms with Crippen molar-refractivity contribution in [1.29, 1.82) is 5.26 Å². The van der Waals surface area contributed by atoms with Crippen LogP contribution >= 0.6 is 11.6 Å². The zero-order valence-corrected chi connectivity index (χ0v) is 10.7. The minimum atomic E-state index is -0.500. The summed E-state index contributed by atoms with van der Waals surface area (Å²) in [7, 11) is 0. The number of nitrogens with zero attached hydrogens (tertiary/aromatic N) is 3. The number of aryl methyl sites for hydroxylation is 1. The molecular formula is C11H17ClN4. The summed E-state index contributed by atoms with van der Waals surface area (Å²) in [5.41, 5.74) is 0.443. The van der Waals surface area contributed by atoms with Crippen LogP contribution in [-0.2, 0) is 6.54 Å². The largest absolute Gasteiger partial charge is 0.300 e. The summed E-state index contributed by atoms with van der Waals surface area (Å²) in [4.78, 5) is 0. The average Bonchev–Trinajstić information content (AvgIpc) is 2.58. The summed E-state index contributed by atoms with van der Waals surface area (Å²) in [6.45, 7) is 7.29. The number of nitriles is 1. The van der Waals surface area contributed by atoms with E-state index < -0.39 is 5.54 Å². The van der Waals surface area contributed by atoms with Crippen LogP contribution in [-0.4, -0.2) is 21.9 Å². The highest BCUT2D eigenvalue weighted by atomic mass is 35.5. The lowest BCUT2D eigenvalue weighted by atomic mass is 10.00. The molecule has 0 amide bonds. The first-order valence-electron chi connectivity index (χ1n) is 5.36. The van der Waals surface area contributed by atoms with Crippen molar-refractivity contribution in [1.82, 2.24) is 15.1 Å². The molecule has 1 aromatic rings. The minimum Gasteiger partial charge on any atom is -0.300 e. The monoisotopic (exact) mass is 240 g/mol. The fourth-order valence-corrected chi connectivity index (χ4v) is 1.69. The van der Waals surface area contributed by atoms with Crippen molar-refractivity contribution in [2.45, 2.75) is 39.3 Å². The maximum Gasteiger partial charge on any atom is 0.105 e. The molecule has 4 nitrogen and oxygen atoms in total. The lowest BCUT2D eigenvalue weighted by Gasteiger charge is -2.22. The van der Waals surface area contributed by atoms with E-state index in [4.69, 9.17) is 16.9 Å². The summed E-state index contributed by atoms with van der Waals surface area (Å²) in [6, 6.07) is 2.29. The fourth-order valence-electron chi connectivity index (χ4n) is 1.55. The number of aromatic nitrogens is 2. The van der Waals surface area contributed by atoms with Gasteiger partial charge in [0.1, 0.15) is 5.54 Å². The molecule has 88 valence electrons. The zero-order chi connectivity index (χ0) is 12.2. The van der Waals surface area contributed by atoms with E-state index in [1.807, 2.05) is 25.5 Å². The first kappa shape index (κ1) is 13.0. The van der Waals surface area contributed by atoms with E-state index in [1.54, 1.807) is 6.20 Å². The standard InChI is InChI=1S/C11H17ClN4/c1-4-14-11(3,8-13)5-6-16-9(2)10(12)7-15-16/h7,14H,4-6H2,1-3H3. The molecule has 0 aliphatic rings. The molecule has 0 aromatic carbocycles. The molecule has 1 heterocycles. The van der Waals surface area contributed by atoms with Crippen LogP contribution in [0.4, 0.5) is 0 Å². The fraction of sp³-hybridized carbons (Fsp3) is 0.636. The Morgan fingerprint density at radius 2 is 2.38 bits per heavy atom. The molecular weight excluding hydrogens is 224 g/mol. The number of nitrogens with one attached hydrogen (secondary N) is 1. The molecule has 0 aliphatic heterocycles. The van der Waals surface area contributed by atoms with Gasteiger partial charge in [-0.3, -0.25) is 10.00 Å². The highest BCUT2D eigenvalue weighted by Crippen LogP contribution is 2.16. The van der Waals surface area contributed by atoms with Gasteiger partial charge in [0, 0.05) is 6.54 Å². The second-order valence-corrected chi connectivity index (χ2v) is 4.43. The zero-order valence-electron chi connectivity index (χ0n) is 9.92. The van der Waals surface area contributed by atoms with Crippen LogP contribution in [0.2, 0.25) is 5.02 Å². The van der Waals surface area contributed by atoms with Gasteiger partial charge in [0.2, 0.25) is 0 Å². The van der Waals surface area contributed by atoms with E-state index in [2.05, 4.69) is 16.5 Å². The number of halogens is 1. The molecule has 0 radical (unpaired) electrons. The molecule has 1 aromatic heterocycles. The van der Waals surface area contributed by atoms with Crippen LogP contribution in [0.3, 0.4) is 0 Å². The lowest BCUT2D eigenvalue weighted by Crippen LogP contribution is -2.41. The minimum absolute atomic E-state index is 0.500. The van der Waals surface area contributed by atoms with E-state index in [1.165, 1.54) is 0 Å². The van der Waals surface area contributed by atoms with Gasteiger partial charge in [0.15, 0.2) is 0 Å². The first-order chi connectivity index (χ1) is 7.52. The van der Waals surface area contributed by atoms with E-state index >= 15 is 0 Å². The summed E-state index contributed by atoms with van der Waals surface area (Å²) < 4.78 is 1.83. The molecule has 16 heavy (non-hydrogen) atoms. The van der Waals surface area contributed by atoms with Gasteiger partial charge >= 0.3 is 0 Å². The summed E-state index contributed by atoms with van der Waals surface area (Å²) >= 11 is 5.91. The van der Waals surface area contributed by atoms with Crippen LogP contribution < -0.4 is 5.32 Å². The molecule has 0 bridgehead atoms. The Balaban J connectivity index is 2.64. The van der Waals surface area contributed by atoms with Crippen LogP contribution in [0, 0.1) is 18.3 Å². The highest BCUT2D eigenvalue weighted by Gasteiger charge is 2.22. The van der Waals surface area contributed by atoms with Crippen LogP contribution in [0.15, 0.2) is 6.20 Å². The van der Waals surface area contributed by atoms with Gasteiger partial charge in [-0.05, 0) is 26.8 Å². The number of rotatable bonds is 5. The van der Waals surface area contributed by atoms with E-state index in [-0.39, 0.29) is 0 Å². The second-order valence-electron chi connectivity index (χ2n) is 4.03. The Labute approximate surface area is 101 Å². The van der Waals surface area contributed by atoms with Crippen molar-refractivity contribution < 1.29 is 0 Å². The average molecular weight is 241 g/mol. The van der Waals surface area contributed by atoms with E-state index in [9.17, 15) is 0 Å². The molecule has 0 saturated carbocycles. The first-order valence-corrected chi connectivity index (χ1v) is 5.74. The number of hydrogen-bond acceptors (Lipinski definition) is 3. The van der Waals surface area contributed by atoms with Crippen LogP contribution in [0.5, 0.6) is 0 Å². The third kappa shape index (κ3) is 2.97. The molecule has 1 unspecified atom stereocenters. The Bertz CT molecular complexity index is 393. The Morgan fingerprint density at radius 1 is 1.69 bits per heavy atom. The molecule has 0 aliphatic carbocycles. The van der Waals surface area contributed by atoms with Gasteiger partial charge in [-0.1, -0.05) is 18.5 Å². The smallest absolute Gasteiger partial charge is 0.105 e. The van der Waals surface area contributed by atoms with Crippen molar-refractivity contribution >= 4 is 11.6 Å². The predicted molar refractivity (Wildman–Crippen MR) is 64.3 cm³/mol. The number of hydrogen-bond donors (Lipinski definition) is 1. The van der Waals surface area contributed by atoms with Crippen molar-refractivity contribution in [3.8, 4) is 6.07 Å². The van der Waals surface area contributed by atoms with Gasteiger partial charge < -0.3 is 0 Å². The predicted octanol–water partition coefficient (Wildman–Crippen LogP) is 2.13. The van der Waals surface area contributed by atoms with Crippen molar-refractivity contribution in [3.05, 3.63) is 16.9 Å². The van der Waals surface area contributed by atoms with Crippen molar-refractivity contribution in [2.75, 3.05) is 6.54 Å². The normalized spacial score (nSPS) is 14.4. The van der Waals surface area contributed by atoms with Crippen molar-refractivity contribution in [3.63, 3.8) is 0 Å².